The highest BCUT2D eigenvalue weighted by Crippen LogP contribution is 2.19. The van der Waals surface area contributed by atoms with Crippen LogP contribution in [0, 0.1) is 0 Å². The molecule has 0 unspecified atom stereocenters. The van der Waals surface area contributed by atoms with Crippen LogP contribution in [-0.2, 0) is 46.5 Å². The lowest BCUT2D eigenvalue weighted by molar-refractivity contribution is -0.156. The van der Waals surface area contributed by atoms with Crippen LogP contribution in [0.4, 0.5) is 4.79 Å². The van der Waals surface area contributed by atoms with Gasteiger partial charge in [-0.05, 0) is 29.3 Å². The fraction of sp³-hybridized carbons (Fsp3) is 0.360. The molecule has 10 nitrogen and oxygen atoms in total. The van der Waals surface area contributed by atoms with Gasteiger partial charge in [-0.25, -0.2) is 4.79 Å². The Kier molecular flexibility index (Phi) is 11.4. The van der Waals surface area contributed by atoms with Crippen LogP contribution >= 0.6 is 0 Å². The van der Waals surface area contributed by atoms with E-state index < -0.39 is 40.5 Å². The number of rotatable bonds is 14. The zero-order chi connectivity index (χ0) is 26.6. The highest BCUT2D eigenvalue weighted by atomic mass is 32.2. The van der Waals surface area contributed by atoms with Crippen molar-refractivity contribution in [1.82, 2.24) is 5.32 Å². The van der Waals surface area contributed by atoms with Gasteiger partial charge in [0.25, 0.3) is 10.1 Å². The summed E-state index contributed by atoms with van der Waals surface area (Å²) in [5.74, 6) is 0.0157. The van der Waals surface area contributed by atoms with Crippen LogP contribution in [0.5, 0.6) is 5.75 Å². The normalized spacial score (nSPS) is 13.6. The largest absolute Gasteiger partial charge is 0.497 e. The minimum Gasteiger partial charge on any atom is -0.497 e. The topological polar surface area (TPSA) is 126 Å². The Balaban J connectivity index is 2.18. The van der Waals surface area contributed by atoms with Crippen LogP contribution in [0.2, 0.25) is 0 Å². The Morgan fingerprint density at radius 3 is 2.22 bits per heavy atom. The lowest BCUT2D eigenvalue weighted by atomic mass is 10.1. The maximum atomic E-state index is 12.3. The first-order valence-electron chi connectivity index (χ1n) is 11.0. The van der Waals surface area contributed by atoms with Crippen LogP contribution in [0.3, 0.4) is 0 Å². The number of methoxy groups -OCH3 is 1. The molecule has 2 aromatic rings. The van der Waals surface area contributed by atoms with E-state index in [1.165, 1.54) is 13.0 Å². The minimum atomic E-state index is -4.00. The van der Waals surface area contributed by atoms with Crippen molar-refractivity contribution in [3.8, 4) is 5.75 Å². The molecule has 196 valence electrons. The van der Waals surface area contributed by atoms with Gasteiger partial charge < -0.3 is 24.3 Å². The first-order valence-corrected chi connectivity index (χ1v) is 12.8. The first kappa shape index (κ1) is 28.8. The Morgan fingerprint density at radius 1 is 1.03 bits per heavy atom. The molecule has 3 atom stereocenters. The summed E-state index contributed by atoms with van der Waals surface area (Å²) < 4.78 is 50.8. The molecule has 11 heteroatoms. The van der Waals surface area contributed by atoms with Crippen LogP contribution in [0.1, 0.15) is 18.1 Å². The van der Waals surface area contributed by atoms with E-state index in [0.717, 1.165) is 17.4 Å². The molecule has 0 fully saturated rings. The average molecular weight is 522 g/mol. The fourth-order valence-electron chi connectivity index (χ4n) is 3.16. The molecular weight excluding hydrogens is 490 g/mol. The summed E-state index contributed by atoms with van der Waals surface area (Å²) in [6.07, 6.45) is -2.12. The lowest BCUT2D eigenvalue weighted by Gasteiger charge is -2.31. The third-order valence-electron chi connectivity index (χ3n) is 4.78. The Hall–Kier alpha value is -3.41. The quantitative estimate of drug-likeness (QED) is 0.227. The summed E-state index contributed by atoms with van der Waals surface area (Å²) in [5, 5.41) is 2.48. The second-order valence-electron chi connectivity index (χ2n) is 7.71. The van der Waals surface area contributed by atoms with Gasteiger partial charge in [0.2, 0.25) is 0 Å². The number of nitrogens with one attached hydrogen (secondary N) is 1. The predicted octanol–water partition coefficient (Wildman–Crippen LogP) is 2.97. The molecule has 0 aromatic heterocycles. The van der Waals surface area contributed by atoms with Gasteiger partial charge >= 0.3 is 12.1 Å². The van der Waals surface area contributed by atoms with Crippen molar-refractivity contribution >= 4 is 22.2 Å². The Bertz CT molecular complexity index is 1090. The standard InChI is InChI=1S/C25H31NO9S/c1-5-22(34-18(2)27)24(32-16-20-11-13-21(31-3)14-12-20)23(35-36(4,29)30)15-26-25(28)33-17-19-9-7-6-8-10-19/h5-14,22-24H,1,15-17H2,2-4H3,(H,26,28)/t22-,23-,24+/m1/s1. The number of esters is 1. The molecule has 0 aliphatic carbocycles. The molecule has 0 aliphatic rings. The Morgan fingerprint density at radius 2 is 1.67 bits per heavy atom. The molecule has 0 saturated heterocycles. The molecule has 1 amide bonds. The second kappa shape index (κ2) is 14.2. The molecule has 0 radical (unpaired) electrons. The smallest absolute Gasteiger partial charge is 0.407 e. The molecule has 2 aromatic carbocycles. The van der Waals surface area contributed by atoms with Crippen LogP contribution in [-0.4, -0.2) is 58.7 Å². The molecule has 0 saturated carbocycles. The van der Waals surface area contributed by atoms with E-state index >= 15 is 0 Å². The van der Waals surface area contributed by atoms with Crippen molar-refractivity contribution in [2.24, 2.45) is 0 Å². The molecule has 1 N–H and O–H groups in total. The van der Waals surface area contributed by atoms with E-state index in [0.29, 0.717) is 5.75 Å². The molecule has 2 rings (SSSR count). The maximum Gasteiger partial charge on any atom is 0.407 e. The average Bonchev–Trinajstić information content (AvgIpc) is 2.85. The van der Waals surface area contributed by atoms with E-state index in [9.17, 15) is 18.0 Å². The number of amides is 1. The maximum absolute atomic E-state index is 12.3. The number of hydrogen-bond donors (Lipinski definition) is 1. The van der Waals surface area contributed by atoms with Crippen LogP contribution in [0.15, 0.2) is 67.3 Å². The fourth-order valence-corrected chi connectivity index (χ4v) is 3.78. The van der Waals surface area contributed by atoms with Gasteiger partial charge in [-0.3, -0.25) is 8.98 Å². The summed E-state index contributed by atoms with van der Waals surface area (Å²) in [5.41, 5.74) is 1.51. The zero-order valence-corrected chi connectivity index (χ0v) is 21.2. The summed E-state index contributed by atoms with van der Waals surface area (Å²) in [6.45, 7) is 4.57. The van der Waals surface area contributed by atoms with Crippen molar-refractivity contribution in [3.05, 3.63) is 78.4 Å². The first-order chi connectivity index (χ1) is 17.1. The van der Waals surface area contributed by atoms with Crippen molar-refractivity contribution in [2.45, 2.75) is 38.4 Å². The molecule has 0 spiro atoms. The van der Waals surface area contributed by atoms with Gasteiger partial charge in [0.15, 0.2) is 0 Å². The van der Waals surface area contributed by atoms with E-state index in [1.54, 1.807) is 43.5 Å². The third kappa shape index (κ3) is 10.5. The number of benzene rings is 2. The van der Waals surface area contributed by atoms with E-state index in [4.69, 9.17) is 23.1 Å². The summed E-state index contributed by atoms with van der Waals surface area (Å²) in [7, 11) is -2.46. The number of ether oxygens (including phenoxy) is 4. The summed E-state index contributed by atoms with van der Waals surface area (Å²) in [6, 6.07) is 16.0. The highest BCUT2D eigenvalue weighted by Gasteiger charge is 2.35. The van der Waals surface area contributed by atoms with E-state index in [-0.39, 0.29) is 19.8 Å². The van der Waals surface area contributed by atoms with Gasteiger partial charge in [-0.15, -0.1) is 0 Å². The van der Waals surface area contributed by atoms with Crippen LogP contribution in [0.25, 0.3) is 0 Å². The van der Waals surface area contributed by atoms with Crippen molar-refractivity contribution in [2.75, 3.05) is 19.9 Å². The summed E-state index contributed by atoms with van der Waals surface area (Å²) >= 11 is 0. The second-order valence-corrected chi connectivity index (χ2v) is 9.32. The van der Waals surface area contributed by atoms with Crippen LogP contribution < -0.4 is 10.1 Å². The predicted molar refractivity (Wildman–Crippen MR) is 132 cm³/mol. The number of carbonyl (C=O) groups is 2. The number of hydrogen-bond acceptors (Lipinski definition) is 9. The molecule has 0 bridgehead atoms. The zero-order valence-electron chi connectivity index (χ0n) is 20.4. The molecule has 0 heterocycles. The third-order valence-corrected chi connectivity index (χ3v) is 5.38. The van der Waals surface area contributed by atoms with Gasteiger partial charge in [0, 0.05) is 6.92 Å². The minimum absolute atomic E-state index is 0.0162. The molecule has 36 heavy (non-hydrogen) atoms. The number of carbonyl (C=O) groups excluding carboxylic acids is 2. The van der Waals surface area contributed by atoms with Gasteiger partial charge in [-0.1, -0.05) is 49.0 Å². The number of alkyl carbamates (subject to hydrolysis) is 1. The SMILES string of the molecule is C=C[C@@H](OC(C)=O)[C@H](OCc1ccc(OC)cc1)[C@@H](CNC(=O)OCc1ccccc1)OS(C)(=O)=O. The van der Waals surface area contributed by atoms with E-state index in [2.05, 4.69) is 11.9 Å². The molecule has 0 aliphatic heterocycles. The Labute approximate surface area is 211 Å². The van der Waals surface area contributed by atoms with Crippen molar-refractivity contribution in [3.63, 3.8) is 0 Å². The van der Waals surface area contributed by atoms with E-state index in [1.807, 2.05) is 18.2 Å². The monoisotopic (exact) mass is 521 g/mol. The van der Waals surface area contributed by atoms with Gasteiger partial charge in [-0.2, -0.15) is 8.42 Å². The summed E-state index contributed by atoms with van der Waals surface area (Å²) in [4.78, 5) is 23.9. The van der Waals surface area contributed by atoms with Gasteiger partial charge in [0.05, 0.1) is 26.5 Å². The van der Waals surface area contributed by atoms with Crippen molar-refractivity contribution in [1.29, 1.82) is 0 Å². The van der Waals surface area contributed by atoms with Crippen molar-refractivity contribution < 1.29 is 41.1 Å². The highest BCUT2D eigenvalue weighted by molar-refractivity contribution is 7.86. The molecular formula is C25H31NO9S. The van der Waals surface area contributed by atoms with Gasteiger partial charge in [0.1, 0.15) is 30.7 Å². The lowest BCUT2D eigenvalue weighted by Crippen LogP contribution is -2.49.